The molecule has 0 saturated heterocycles. The van der Waals surface area contributed by atoms with Gasteiger partial charge in [-0.15, -0.1) is 0 Å². The molecule has 3 heteroatoms. The molecular formula is C17H18O3. The summed E-state index contributed by atoms with van der Waals surface area (Å²) in [5.41, 5.74) is 3.19. The largest absolute Gasteiger partial charge is 0.497 e. The van der Waals surface area contributed by atoms with Crippen LogP contribution in [0.3, 0.4) is 0 Å². The first-order valence-corrected chi connectivity index (χ1v) is 6.49. The second-order valence-electron chi connectivity index (χ2n) is 4.74. The van der Waals surface area contributed by atoms with Crippen molar-refractivity contribution < 1.29 is 14.3 Å². The maximum atomic E-state index is 11.9. The zero-order valence-corrected chi connectivity index (χ0v) is 12.0. The van der Waals surface area contributed by atoms with Crippen molar-refractivity contribution in [2.24, 2.45) is 0 Å². The molecule has 0 spiro atoms. The molecule has 0 radical (unpaired) electrons. The minimum atomic E-state index is -0.265. The highest BCUT2D eigenvalue weighted by Gasteiger charge is 2.07. The average molecular weight is 270 g/mol. The number of rotatable bonds is 4. The highest BCUT2D eigenvalue weighted by molar-refractivity contribution is 5.75. The van der Waals surface area contributed by atoms with E-state index < -0.39 is 0 Å². The molecule has 2 aromatic rings. The van der Waals surface area contributed by atoms with Crippen LogP contribution in [0.15, 0.2) is 42.5 Å². The zero-order chi connectivity index (χ0) is 14.5. The van der Waals surface area contributed by atoms with Crippen LogP contribution in [-0.2, 0) is 11.2 Å². The van der Waals surface area contributed by atoms with Crippen LogP contribution in [0.2, 0.25) is 0 Å². The summed E-state index contributed by atoms with van der Waals surface area (Å²) in [5, 5.41) is 0. The number of benzene rings is 2. The number of ether oxygens (including phenoxy) is 2. The third-order valence-corrected chi connectivity index (χ3v) is 3.22. The number of carbonyl (C=O) groups excluding carboxylic acids is 1. The van der Waals surface area contributed by atoms with Gasteiger partial charge in [0, 0.05) is 0 Å². The van der Waals surface area contributed by atoms with Crippen LogP contribution in [-0.4, -0.2) is 13.1 Å². The van der Waals surface area contributed by atoms with Crippen molar-refractivity contribution in [3.8, 4) is 11.5 Å². The topological polar surface area (TPSA) is 35.5 Å². The quantitative estimate of drug-likeness (QED) is 0.630. The maximum Gasteiger partial charge on any atom is 0.315 e. The molecule has 0 amide bonds. The number of esters is 1. The van der Waals surface area contributed by atoms with Crippen LogP contribution in [0, 0.1) is 13.8 Å². The monoisotopic (exact) mass is 270 g/mol. The standard InChI is InChI=1S/C17H18O3/c1-12-4-7-16(10-13(12)2)20-17(18)11-14-5-8-15(19-3)9-6-14/h4-10H,11H2,1-3H3. The van der Waals surface area contributed by atoms with Crippen molar-refractivity contribution in [1.29, 1.82) is 0 Å². The fourth-order valence-electron chi connectivity index (χ4n) is 1.85. The summed E-state index contributed by atoms with van der Waals surface area (Å²) in [6, 6.07) is 13.0. The van der Waals surface area contributed by atoms with Gasteiger partial charge >= 0.3 is 5.97 Å². The van der Waals surface area contributed by atoms with Gasteiger partial charge in [0.2, 0.25) is 0 Å². The van der Waals surface area contributed by atoms with Gasteiger partial charge in [0.15, 0.2) is 0 Å². The molecule has 0 atom stereocenters. The van der Waals surface area contributed by atoms with Gasteiger partial charge in [-0.25, -0.2) is 0 Å². The number of hydrogen-bond acceptors (Lipinski definition) is 3. The number of carbonyl (C=O) groups is 1. The van der Waals surface area contributed by atoms with E-state index in [1.807, 2.05) is 56.3 Å². The maximum absolute atomic E-state index is 11.9. The Morgan fingerprint density at radius 1 is 0.950 bits per heavy atom. The van der Waals surface area contributed by atoms with E-state index in [2.05, 4.69) is 0 Å². The average Bonchev–Trinajstić information content (AvgIpc) is 2.44. The number of methoxy groups -OCH3 is 1. The van der Waals surface area contributed by atoms with Gasteiger partial charge in [-0.1, -0.05) is 18.2 Å². The Kier molecular flexibility index (Phi) is 4.41. The number of aryl methyl sites for hydroxylation is 2. The lowest BCUT2D eigenvalue weighted by atomic mass is 10.1. The fraction of sp³-hybridized carbons (Fsp3) is 0.235. The Balaban J connectivity index is 1.99. The van der Waals surface area contributed by atoms with Crippen LogP contribution >= 0.6 is 0 Å². The molecule has 0 N–H and O–H groups in total. The van der Waals surface area contributed by atoms with E-state index in [4.69, 9.17) is 9.47 Å². The molecule has 104 valence electrons. The molecule has 2 aromatic carbocycles. The van der Waals surface area contributed by atoms with Crippen molar-refractivity contribution >= 4 is 5.97 Å². The Morgan fingerprint density at radius 2 is 1.60 bits per heavy atom. The lowest BCUT2D eigenvalue weighted by Crippen LogP contribution is -2.11. The normalized spacial score (nSPS) is 10.2. The predicted molar refractivity (Wildman–Crippen MR) is 78.2 cm³/mol. The minimum absolute atomic E-state index is 0.247. The van der Waals surface area contributed by atoms with Crippen LogP contribution < -0.4 is 9.47 Å². The molecule has 0 aliphatic heterocycles. The van der Waals surface area contributed by atoms with Crippen molar-refractivity contribution in [2.75, 3.05) is 7.11 Å². The summed E-state index contributed by atoms with van der Waals surface area (Å²) in [5.74, 6) is 1.10. The molecule has 20 heavy (non-hydrogen) atoms. The highest BCUT2D eigenvalue weighted by atomic mass is 16.5. The minimum Gasteiger partial charge on any atom is -0.497 e. The highest BCUT2D eigenvalue weighted by Crippen LogP contribution is 2.17. The van der Waals surface area contributed by atoms with Gasteiger partial charge in [0.1, 0.15) is 11.5 Å². The molecule has 0 heterocycles. The zero-order valence-electron chi connectivity index (χ0n) is 12.0. The van der Waals surface area contributed by atoms with E-state index in [1.54, 1.807) is 7.11 Å². The first kappa shape index (κ1) is 14.1. The Hall–Kier alpha value is -2.29. The van der Waals surface area contributed by atoms with E-state index in [0.29, 0.717) is 5.75 Å². The summed E-state index contributed by atoms with van der Waals surface area (Å²) in [7, 11) is 1.61. The lowest BCUT2D eigenvalue weighted by molar-refractivity contribution is -0.133. The molecule has 2 rings (SSSR count). The van der Waals surface area contributed by atoms with E-state index in [1.165, 1.54) is 5.56 Å². The van der Waals surface area contributed by atoms with Gasteiger partial charge in [0.25, 0.3) is 0 Å². The van der Waals surface area contributed by atoms with Gasteiger partial charge < -0.3 is 9.47 Å². The summed E-state index contributed by atoms with van der Waals surface area (Å²) >= 11 is 0. The van der Waals surface area contributed by atoms with E-state index >= 15 is 0 Å². The van der Waals surface area contributed by atoms with E-state index in [9.17, 15) is 4.79 Å². The fourth-order valence-corrected chi connectivity index (χ4v) is 1.85. The third kappa shape index (κ3) is 3.60. The van der Waals surface area contributed by atoms with Gasteiger partial charge in [0.05, 0.1) is 13.5 Å². The summed E-state index contributed by atoms with van der Waals surface area (Å²) in [6.45, 7) is 4.02. The molecule has 3 nitrogen and oxygen atoms in total. The predicted octanol–water partition coefficient (Wildman–Crippen LogP) is 3.46. The van der Waals surface area contributed by atoms with E-state index in [0.717, 1.165) is 16.9 Å². The van der Waals surface area contributed by atoms with Gasteiger partial charge in [-0.2, -0.15) is 0 Å². The molecule has 0 saturated carbocycles. The molecule has 0 bridgehead atoms. The summed E-state index contributed by atoms with van der Waals surface area (Å²) in [6.07, 6.45) is 0.247. The van der Waals surface area contributed by atoms with Crippen LogP contribution in [0.25, 0.3) is 0 Å². The molecular weight excluding hydrogens is 252 g/mol. The number of hydrogen-bond donors (Lipinski definition) is 0. The second kappa shape index (κ2) is 6.24. The van der Waals surface area contributed by atoms with Crippen molar-refractivity contribution in [3.63, 3.8) is 0 Å². The van der Waals surface area contributed by atoms with Crippen LogP contribution in [0.4, 0.5) is 0 Å². The molecule has 0 fully saturated rings. The molecule has 0 unspecified atom stereocenters. The van der Waals surface area contributed by atoms with Gasteiger partial charge in [-0.3, -0.25) is 4.79 Å². The smallest absolute Gasteiger partial charge is 0.315 e. The van der Waals surface area contributed by atoms with Crippen LogP contribution in [0.5, 0.6) is 11.5 Å². The molecule has 0 aliphatic rings. The van der Waals surface area contributed by atoms with E-state index in [-0.39, 0.29) is 12.4 Å². The van der Waals surface area contributed by atoms with Crippen LogP contribution in [0.1, 0.15) is 16.7 Å². The van der Waals surface area contributed by atoms with Crippen molar-refractivity contribution in [3.05, 3.63) is 59.2 Å². The Bertz CT molecular complexity index is 600. The second-order valence-corrected chi connectivity index (χ2v) is 4.74. The lowest BCUT2D eigenvalue weighted by Gasteiger charge is -2.07. The van der Waals surface area contributed by atoms with Crippen molar-refractivity contribution in [1.82, 2.24) is 0 Å². The Labute approximate surface area is 119 Å². The summed E-state index contributed by atoms with van der Waals surface area (Å²) < 4.78 is 10.4. The molecule has 0 aliphatic carbocycles. The first-order chi connectivity index (χ1) is 9.58. The van der Waals surface area contributed by atoms with Gasteiger partial charge in [-0.05, 0) is 54.8 Å². The SMILES string of the molecule is COc1ccc(CC(=O)Oc2ccc(C)c(C)c2)cc1. The van der Waals surface area contributed by atoms with Crippen molar-refractivity contribution in [2.45, 2.75) is 20.3 Å². The molecule has 0 aromatic heterocycles. The first-order valence-electron chi connectivity index (χ1n) is 6.49. The summed E-state index contributed by atoms with van der Waals surface area (Å²) in [4.78, 5) is 11.9. The third-order valence-electron chi connectivity index (χ3n) is 3.22. The Morgan fingerprint density at radius 3 is 2.20 bits per heavy atom.